The summed E-state index contributed by atoms with van der Waals surface area (Å²) in [5, 5.41) is 5.74. The van der Waals surface area contributed by atoms with Crippen molar-refractivity contribution in [1.82, 2.24) is 10.6 Å². The van der Waals surface area contributed by atoms with Crippen LogP contribution in [-0.2, 0) is 4.79 Å². The van der Waals surface area contributed by atoms with Gasteiger partial charge in [-0.25, -0.2) is 0 Å². The summed E-state index contributed by atoms with van der Waals surface area (Å²) in [5.74, 6) is -0.346. The highest BCUT2D eigenvalue weighted by Crippen LogP contribution is 2.32. The molecule has 1 aliphatic rings. The van der Waals surface area contributed by atoms with Crippen LogP contribution in [0.1, 0.15) is 41.3 Å². The largest absolute Gasteiger partial charge is 0.300 e. The first-order chi connectivity index (χ1) is 14.6. The Labute approximate surface area is 180 Å². The molecule has 0 saturated carbocycles. The maximum absolute atomic E-state index is 12.1. The van der Waals surface area contributed by atoms with E-state index in [0.29, 0.717) is 4.91 Å². The summed E-state index contributed by atoms with van der Waals surface area (Å²) in [6, 6.07) is 28.6. The van der Waals surface area contributed by atoms with Crippen molar-refractivity contribution in [2.45, 2.75) is 19.0 Å². The van der Waals surface area contributed by atoms with Gasteiger partial charge in [0, 0.05) is 6.04 Å². The summed E-state index contributed by atoms with van der Waals surface area (Å²) in [5.41, 5.74) is 4.29. The Kier molecular flexibility index (Phi) is 6.12. The fourth-order valence-corrected chi connectivity index (χ4v) is 4.24. The van der Waals surface area contributed by atoms with Crippen molar-refractivity contribution in [2.24, 2.45) is 0 Å². The van der Waals surface area contributed by atoms with Gasteiger partial charge in [-0.3, -0.25) is 20.2 Å². The third-order valence-electron chi connectivity index (χ3n) is 5.08. The highest BCUT2D eigenvalue weighted by Gasteiger charge is 2.26. The quantitative estimate of drug-likeness (QED) is 0.527. The minimum absolute atomic E-state index is 0.0837. The van der Waals surface area contributed by atoms with E-state index in [2.05, 4.69) is 47.9 Å². The highest BCUT2D eigenvalue weighted by atomic mass is 32.2. The van der Waals surface area contributed by atoms with Gasteiger partial charge in [-0.2, -0.15) is 0 Å². The first-order valence-corrected chi connectivity index (χ1v) is 10.6. The van der Waals surface area contributed by atoms with Crippen molar-refractivity contribution in [2.75, 3.05) is 0 Å². The van der Waals surface area contributed by atoms with Crippen molar-refractivity contribution in [3.05, 3.63) is 112 Å². The van der Waals surface area contributed by atoms with Crippen LogP contribution in [-0.4, -0.2) is 11.1 Å². The summed E-state index contributed by atoms with van der Waals surface area (Å²) in [7, 11) is 0. The molecule has 30 heavy (non-hydrogen) atoms. The number of hydrogen-bond donors (Lipinski definition) is 2. The van der Waals surface area contributed by atoms with Gasteiger partial charge in [0.1, 0.15) is 0 Å². The molecule has 1 saturated heterocycles. The number of imide groups is 1. The van der Waals surface area contributed by atoms with Gasteiger partial charge >= 0.3 is 0 Å². The zero-order valence-corrected chi connectivity index (χ0v) is 17.4. The molecule has 0 radical (unpaired) electrons. The zero-order chi connectivity index (χ0) is 20.9. The number of carbonyl (C=O) groups is 2. The van der Waals surface area contributed by atoms with E-state index in [1.165, 1.54) is 5.56 Å². The molecule has 0 aliphatic carbocycles. The van der Waals surface area contributed by atoms with Crippen LogP contribution >= 0.6 is 11.8 Å². The molecule has 0 spiro atoms. The average Bonchev–Trinajstić information content (AvgIpc) is 3.10. The van der Waals surface area contributed by atoms with E-state index in [-0.39, 0.29) is 23.2 Å². The lowest BCUT2D eigenvalue weighted by atomic mass is 9.92. The van der Waals surface area contributed by atoms with Crippen molar-refractivity contribution in [1.29, 1.82) is 0 Å². The molecule has 1 aliphatic heterocycles. The van der Waals surface area contributed by atoms with Crippen LogP contribution in [0.2, 0.25) is 0 Å². The van der Waals surface area contributed by atoms with Crippen LogP contribution in [0.3, 0.4) is 0 Å². The Morgan fingerprint density at radius 3 is 2.07 bits per heavy atom. The SMILES string of the molecule is CC(NC(c1ccccc1)c1ccccc1/C=C1/SC(=O)NC1=O)c1ccccc1. The van der Waals surface area contributed by atoms with E-state index >= 15 is 0 Å². The van der Waals surface area contributed by atoms with Crippen LogP contribution in [0.15, 0.2) is 89.8 Å². The second-order valence-corrected chi connectivity index (χ2v) is 8.14. The van der Waals surface area contributed by atoms with Gasteiger partial charge in [0.15, 0.2) is 0 Å². The Bertz CT molecular complexity index is 1080. The third-order valence-corrected chi connectivity index (χ3v) is 5.90. The monoisotopic (exact) mass is 414 g/mol. The number of hydrogen-bond acceptors (Lipinski definition) is 4. The number of amides is 2. The van der Waals surface area contributed by atoms with Gasteiger partial charge in [0.2, 0.25) is 0 Å². The van der Waals surface area contributed by atoms with Crippen LogP contribution in [0.25, 0.3) is 6.08 Å². The molecule has 150 valence electrons. The third kappa shape index (κ3) is 4.53. The molecule has 2 amide bonds. The van der Waals surface area contributed by atoms with Gasteiger partial charge in [-0.1, -0.05) is 84.9 Å². The summed E-state index contributed by atoms with van der Waals surface area (Å²) >= 11 is 0.937. The highest BCUT2D eigenvalue weighted by molar-refractivity contribution is 8.18. The number of rotatable bonds is 6. The Morgan fingerprint density at radius 2 is 1.43 bits per heavy atom. The van der Waals surface area contributed by atoms with Crippen LogP contribution in [0.5, 0.6) is 0 Å². The Hall–Kier alpha value is -3.15. The fourth-order valence-electron chi connectivity index (χ4n) is 3.57. The second kappa shape index (κ2) is 9.11. The van der Waals surface area contributed by atoms with E-state index in [0.717, 1.165) is 28.5 Å². The smallest absolute Gasteiger partial charge is 0.290 e. The van der Waals surface area contributed by atoms with Crippen molar-refractivity contribution >= 4 is 29.0 Å². The minimum atomic E-state index is -0.346. The van der Waals surface area contributed by atoms with E-state index in [1.807, 2.05) is 54.6 Å². The zero-order valence-electron chi connectivity index (χ0n) is 16.5. The predicted octanol–water partition coefficient (Wildman–Crippen LogP) is 5.45. The van der Waals surface area contributed by atoms with E-state index in [9.17, 15) is 9.59 Å². The van der Waals surface area contributed by atoms with Crippen LogP contribution < -0.4 is 10.6 Å². The predicted molar refractivity (Wildman–Crippen MR) is 122 cm³/mol. The van der Waals surface area contributed by atoms with Gasteiger partial charge in [-0.05, 0) is 47.0 Å². The molecule has 2 atom stereocenters. The normalized spacial score (nSPS) is 17.0. The van der Waals surface area contributed by atoms with Gasteiger partial charge < -0.3 is 0 Å². The molecule has 4 rings (SSSR count). The number of nitrogens with one attached hydrogen (secondary N) is 2. The lowest BCUT2D eigenvalue weighted by molar-refractivity contribution is -0.115. The van der Waals surface area contributed by atoms with Crippen molar-refractivity contribution in [3.8, 4) is 0 Å². The molecule has 2 unspecified atom stereocenters. The van der Waals surface area contributed by atoms with Gasteiger partial charge in [0.05, 0.1) is 10.9 Å². The minimum Gasteiger partial charge on any atom is -0.300 e. The fraction of sp³-hybridized carbons (Fsp3) is 0.120. The molecule has 3 aromatic carbocycles. The summed E-state index contributed by atoms with van der Waals surface area (Å²) in [6.45, 7) is 2.14. The molecular formula is C25H22N2O2S. The summed E-state index contributed by atoms with van der Waals surface area (Å²) in [6.07, 6.45) is 1.80. The maximum atomic E-state index is 12.1. The number of carbonyl (C=O) groups excluding carboxylic acids is 2. The molecule has 1 heterocycles. The average molecular weight is 415 g/mol. The molecule has 1 fully saturated rings. The topological polar surface area (TPSA) is 58.2 Å². The molecule has 0 bridgehead atoms. The van der Waals surface area contributed by atoms with Gasteiger partial charge in [-0.15, -0.1) is 0 Å². The molecule has 4 nitrogen and oxygen atoms in total. The van der Waals surface area contributed by atoms with Gasteiger partial charge in [0.25, 0.3) is 11.1 Å². The van der Waals surface area contributed by atoms with E-state index in [1.54, 1.807) is 6.08 Å². The lowest BCUT2D eigenvalue weighted by Gasteiger charge is -2.26. The second-order valence-electron chi connectivity index (χ2n) is 7.12. The molecule has 3 aromatic rings. The first-order valence-electron chi connectivity index (χ1n) is 9.81. The Morgan fingerprint density at radius 1 is 0.833 bits per heavy atom. The summed E-state index contributed by atoms with van der Waals surface area (Å²) in [4.78, 5) is 24.1. The maximum Gasteiger partial charge on any atom is 0.290 e. The van der Waals surface area contributed by atoms with Crippen LogP contribution in [0, 0.1) is 0 Å². The van der Waals surface area contributed by atoms with E-state index in [4.69, 9.17) is 0 Å². The molecule has 2 N–H and O–H groups in total. The van der Waals surface area contributed by atoms with Crippen molar-refractivity contribution < 1.29 is 9.59 Å². The summed E-state index contributed by atoms with van der Waals surface area (Å²) < 4.78 is 0. The lowest BCUT2D eigenvalue weighted by Crippen LogP contribution is -2.26. The molecular weight excluding hydrogens is 392 g/mol. The number of benzene rings is 3. The first kappa shape index (κ1) is 20.1. The van der Waals surface area contributed by atoms with E-state index < -0.39 is 0 Å². The molecule has 5 heteroatoms. The van der Waals surface area contributed by atoms with Crippen molar-refractivity contribution in [3.63, 3.8) is 0 Å². The van der Waals surface area contributed by atoms with Crippen LogP contribution in [0.4, 0.5) is 4.79 Å². The standard InChI is InChI=1S/C25H22N2O2S/c1-17(18-10-4-2-5-11-18)26-23(19-12-6-3-7-13-19)21-15-9-8-14-20(21)16-22-24(28)27-25(29)30-22/h2-17,23,26H,1H3,(H,27,28,29)/b22-16+. The number of thioether (sulfide) groups is 1. The Balaban J connectivity index is 1.74. The molecule has 0 aromatic heterocycles.